The van der Waals surface area contributed by atoms with Gasteiger partial charge < -0.3 is 10.0 Å². The van der Waals surface area contributed by atoms with Crippen LogP contribution in [0.2, 0.25) is 0 Å². The number of amidine groups is 1. The van der Waals surface area contributed by atoms with E-state index in [0.717, 1.165) is 31.9 Å². The fraction of sp³-hybridized carbons (Fsp3) is 0.800. The molecule has 1 N–H and O–H groups in total. The van der Waals surface area contributed by atoms with Crippen molar-refractivity contribution in [2.75, 3.05) is 26.2 Å². The SMILES string of the molecule is CCCCCCC/C=C/CC1=NCCN1CCO. The maximum atomic E-state index is 8.94. The topological polar surface area (TPSA) is 35.8 Å². The first kappa shape index (κ1) is 15.2. The molecule has 18 heavy (non-hydrogen) atoms. The predicted molar refractivity (Wildman–Crippen MR) is 78.1 cm³/mol. The van der Waals surface area contributed by atoms with Crippen molar-refractivity contribution < 1.29 is 5.11 Å². The average molecular weight is 252 g/mol. The summed E-state index contributed by atoms with van der Waals surface area (Å²) in [6, 6.07) is 0. The van der Waals surface area contributed by atoms with Crippen molar-refractivity contribution in [3.05, 3.63) is 12.2 Å². The molecule has 0 saturated carbocycles. The van der Waals surface area contributed by atoms with Crippen molar-refractivity contribution in [3.63, 3.8) is 0 Å². The van der Waals surface area contributed by atoms with Crippen LogP contribution < -0.4 is 0 Å². The van der Waals surface area contributed by atoms with Gasteiger partial charge in [0, 0.05) is 19.5 Å². The van der Waals surface area contributed by atoms with E-state index >= 15 is 0 Å². The Bertz CT molecular complexity index is 261. The fourth-order valence-electron chi connectivity index (χ4n) is 2.26. The highest BCUT2D eigenvalue weighted by Gasteiger charge is 2.13. The Labute approximate surface area is 112 Å². The summed E-state index contributed by atoms with van der Waals surface area (Å²) in [5.41, 5.74) is 0. The minimum absolute atomic E-state index is 0.222. The standard InChI is InChI=1S/C15H28N2O/c1-2-3-4-5-6-7-8-9-10-15-16-11-12-17(15)13-14-18/h8-9,18H,2-7,10-14H2,1H3/b9-8+. The summed E-state index contributed by atoms with van der Waals surface area (Å²) >= 11 is 0. The van der Waals surface area contributed by atoms with E-state index in [9.17, 15) is 0 Å². The first-order valence-corrected chi connectivity index (χ1v) is 7.42. The highest BCUT2D eigenvalue weighted by Crippen LogP contribution is 2.08. The quantitative estimate of drug-likeness (QED) is 0.479. The second kappa shape index (κ2) is 10.1. The number of aliphatic hydroxyl groups is 1. The molecular weight excluding hydrogens is 224 g/mol. The van der Waals surface area contributed by atoms with Crippen molar-refractivity contribution in [2.24, 2.45) is 4.99 Å². The monoisotopic (exact) mass is 252 g/mol. The van der Waals surface area contributed by atoms with E-state index in [4.69, 9.17) is 5.11 Å². The van der Waals surface area contributed by atoms with Gasteiger partial charge in [0.1, 0.15) is 5.84 Å². The number of aliphatic hydroxyl groups excluding tert-OH is 1. The summed E-state index contributed by atoms with van der Waals surface area (Å²) in [5, 5.41) is 8.94. The van der Waals surface area contributed by atoms with E-state index in [-0.39, 0.29) is 6.61 Å². The first-order valence-electron chi connectivity index (χ1n) is 7.42. The summed E-state index contributed by atoms with van der Waals surface area (Å²) in [6.07, 6.45) is 13.4. The van der Waals surface area contributed by atoms with Gasteiger partial charge in [0.25, 0.3) is 0 Å². The lowest BCUT2D eigenvalue weighted by molar-refractivity contribution is 0.255. The molecule has 0 saturated heterocycles. The summed E-state index contributed by atoms with van der Waals surface area (Å²) in [4.78, 5) is 6.66. The molecule has 0 spiro atoms. The Morgan fingerprint density at radius 2 is 2.06 bits per heavy atom. The van der Waals surface area contributed by atoms with E-state index in [1.54, 1.807) is 0 Å². The Kier molecular flexibility index (Phi) is 8.57. The van der Waals surface area contributed by atoms with Crippen LogP contribution >= 0.6 is 0 Å². The Morgan fingerprint density at radius 1 is 1.22 bits per heavy atom. The first-order chi connectivity index (χ1) is 8.88. The van der Waals surface area contributed by atoms with Crippen LogP contribution in [0.25, 0.3) is 0 Å². The van der Waals surface area contributed by atoms with Gasteiger partial charge in [0.15, 0.2) is 0 Å². The third-order valence-electron chi connectivity index (χ3n) is 3.34. The smallest absolute Gasteiger partial charge is 0.103 e. The molecule has 1 aliphatic rings. The average Bonchev–Trinajstić information content (AvgIpc) is 2.81. The highest BCUT2D eigenvalue weighted by atomic mass is 16.3. The number of allylic oxidation sites excluding steroid dienone is 1. The molecule has 0 amide bonds. The van der Waals surface area contributed by atoms with E-state index in [0.29, 0.717) is 0 Å². The lowest BCUT2D eigenvalue weighted by atomic mass is 10.1. The third-order valence-corrected chi connectivity index (χ3v) is 3.34. The fourth-order valence-corrected chi connectivity index (χ4v) is 2.26. The molecule has 0 radical (unpaired) electrons. The molecule has 3 nitrogen and oxygen atoms in total. The zero-order valence-corrected chi connectivity index (χ0v) is 11.8. The molecule has 104 valence electrons. The van der Waals surface area contributed by atoms with Gasteiger partial charge in [-0.3, -0.25) is 4.99 Å². The van der Waals surface area contributed by atoms with Gasteiger partial charge in [0.05, 0.1) is 13.2 Å². The van der Waals surface area contributed by atoms with E-state index in [2.05, 4.69) is 29.0 Å². The number of hydrogen-bond donors (Lipinski definition) is 1. The Hall–Kier alpha value is -0.830. The molecular formula is C15H28N2O. The Balaban J connectivity index is 2.05. The minimum Gasteiger partial charge on any atom is -0.395 e. The third kappa shape index (κ3) is 6.20. The zero-order chi connectivity index (χ0) is 13.1. The summed E-state index contributed by atoms with van der Waals surface area (Å²) in [6.45, 7) is 5.06. The number of unbranched alkanes of at least 4 members (excludes halogenated alkanes) is 5. The summed E-state index contributed by atoms with van der Waals surface area (Å²) < 4.78 is 0. The number of nitrogens with zero attached hydrogens (tertiary/aromatic N) is 2. The molecule has 0 aromatic rings. The molecule has 1 aliphatic heterocycles. The minimum atomic E-state index is 0.222. The van der Waals surface area contributed by atoms with Crippen molar-refractivity contribution >= 4 is 5.84 Å². The van der Waals surface area contributed by atoms with Crippen LogP contribution in [-0.4, -0.2) is 42.1 Å². The van der Waals surface area contributed by atoms with Crippen molar-refractivity contribution in [2.45, 2.75) is 51.9 Å². The van der Waals surface area contributed by atoms with Crippen LogP contribution in [0.5, 0.6) is 0 Å². The molecule has 0 unspecified atom stereocenters. The molecule has 1 rings (SSSR count). The molecule has 0 bridgehead atoms. The number of β-amino-alcohol motifs (C(OH)–C–C–N with tert-alkyl or cyclic N) is 1. The lowest BCUT2D eigenvalue weighted by Gasteiger charge is -2.17. The number of hydrogen-bond acceptors (Lipinski definition) is 3. The molecule has 0 aromatic heterocycles. The van der Waals surface area contributed by atoms with Gasteiger partial charge in [-0.25, -0.2) is 0 Å². The maximum Gasteiger partial charge on any atom is 0.103 e. The highest BCUT2D eigenvalue weighted by molar-refractivity contribution is 5.85. The predicted octanol–water partition coefficient (Wildman–Crippen LogP) is 3.00. The second-order valence-corrected chi connectivity index (χ2v) is 4.89. The Morgan fingerprint density at radius 3 is 2.83 bits per heavy atom. The number of rotatable bonds is 10. The van der Waals surface area contributed by atoms with Crippen LogP contribution in [-0.2, 0) is 0 Å². The van der Waals surface area contributed by atoms with Gasteiger partial charge in [-0.15, -0.1) is 0 Å². The maximum absolute atomic E-state index is 8.94. The van der Waals surface area contributed by atoms with Crippen LogP contribution in [0.1, 0.15) is 51.9 Å². The van der Waals surface area contributed by atoms with Crippen LogP contribution in [0, 0.1) is 0 Å². The van der Waals surface area contributed by atoms with Crippen LogP contribution in [0.15, 0.2) is 17.1 Å². The zero-order valence-electron chi connectivity index (χ0n) is 11.8. The molecule has 0 aliphatic carbocycles. The molecule has 3 heteroatoms. The van der Waals surface area contributed by atoms with Crippen LogP contribution in [0.3, 0.4) is 0 Å². The van der Waals surface area contributed by atoms with Gasteiger partial charge in [-0.2, -0.15) is 0 Å². The molecule has 0 atom stereocenters. The van der Waals surface area contributed by atoms with Crippen molar-refractivity contribution in [1.29, 1.82) is 0 Å². The van der Waals surface area contributed by atoms with Crippen LogP contribution in [0.4, 0.5) is 0 Å². The second-order valence-electron chi connectivity index (χ2n) is 4.89. The van der Waals surface area contributed by atoms with Gasteiger partial charge in [-0.1, -0.05) is 44.8 Å². The normalized spacial score (nSPS) is 15.7. The van der Waals surface area contributed by atoms with E-state index < -0.39 is 0 Å². The molecule has 0 aromatic carbocycles. The van der Waals surface area contributed by atoms with Crippen molar-refractivity contribution in [1.82, 2.24) is 4.90 Å². The summed E-state index contributed by atoms with van der Waals surface area (Å²) in [5.74, 6) is 1.14. The van der Waals surface area contributed by atoms with Crippen molar-refractivity contribution in [3.8, 4) is 0 Å². The number of aliphatic imine (C=N–C) groups is 1. The molecule has 1 heterocycles. The van der Waals surface area contributed by atoms with Gasteiger partial charge in [-0.05, 0) is 12.8 Å². The van der Waals surface area contributed by atoms with E-state index in [1.165, 1.54) is 38.5 Å². The lowest BCUT2D eigenvalue weighted by Crippen LogP contribution is -2.30. The van der Waals surface area contributed by atoms with Gasteiger partial charge >= 0.3 is 0 Å². The van der Waals surface area contributed by atoms with E-state index in [1.807, 2.05) is 0 Å². The molecule has 0 fully saturated rings. The van der Waals surface area contributed by atoms with Gasteiger partial charge in [0.2, 0.25) is 0 Å². The largest absolute Gasteiger partial charge is 0.395 e. The summed E-state index contributed by atoms with van der Waals surface area (Å²) in [7, 11) is 0.